The van der Waals surface area contributed by atoms with E-state index in [4.69, 9.17) is 4.74 Å². The Hall–Kier alpha value is -1.95. The van der Waals surface area contributed by atoms with Gasteiger partial charge in [0.2, 0.25) is 0 Å². The number of ether oxygens (including phenoxy) is 1. The van der Waals surface area contributed by atoms with Gasteiger partial charge in [0.1, 0.15) is 30.5 Å². The summed E-state index contributed by atoms with van der Waals surface area (Å²) in [5, 5.41) is 44.9. The third kappa shape index (κ3) is 4.82. The molecule has 5 N–H and O–H groups in total. The van der Waals surface area contributed by atoms with Gasteiger partial charge >= 0.3 is 6.09 Å². The second-order valence-corrected chi connectivity index (χ2v) is 11.9. The standard InChI is InChI=1S/C26H40N4O6/c1-25(2,3)36-24(35)28-11-8-26(9-12-28)10-13-29(15-26)16-4-5-17-18(14-16)23(34)30(22(17)33)19-6-7-20(31)27-21(19)32/h4-5,14,19-23,27,31-34H,6-13,15H2,1-3H3. The lowest BCUT2D eigenvalue weighted by atomic mass is 9.78. The van der Waals surface area contributed by atoms with E-state index >= 15 is 0 Å². The predicted octanol–water partition coefficient (Wildman–Crippen LogP) is 1.60. The van der Waals surface area contributed by atoms with Crippen molar-refractivity contribution in [2.45, 2.75) is 89.4 Å². The number of aliphatic hydroxyl groups is 4. The lowest BCUT2D eigenvalue weighted by molar-refractivity contribution is -0.159. The highest BCUT2D eigenvalue weighted by Gasteiger charge is 2.46. The van der Waals surface area contributed by atoms with E-state index in [1.54, 1.807) is 0 Å². The molecule has 5 rings (SSSR count). The van der Waals surface area contributed by atoms with Crippen molar-refractivity contribution in [1.82, 2.24) is 15.1 Å². The molecule has 0 aromatic heterocycles. The van der Waals surface area contributed by atoms with Crippen molar-refractivity contribution in [3.05, 3.63) is 29.3 Å². The largest absolute Gasteiger partial charge is 0.444 e. The summed E-state index contributed by atoms with van der Waals surface area (Å²) in [7, 11) is 0. The minimum absolute atomic E-state index is 0.153. The van der Waals surface area contributed by atoms with Gasteiger partial charge < -0.3 is 35.0 Å². The van der Waals surface area contributed by atoms with Gasteiger partial charge in [-0.25, -0.2) is 9.69 Å². The lowest BCUT2D eigenvalue weighted by Crippen LogP contribution is -2.57. The Morgan fingerprint density at radius 3 is 2.33 bits per heavy atom. The summed E-state index contributed by atoms with van der Waals surface area (Å²) in [5.74, 6) is 0. The Bertz CT molecular complexity index is 976. The molecule has 5 atom stereocenters. The van der Waals surface area contributed by atoms with Crippen LogP contribution in [0.5, 0.6) is 0 Å². The molecule has 0 saturated carbocycles. The van der Waals surface area contributed by atoms with Gasteiger partial charge in [0.25, 0.3) is 0 Å². The van der Waals surface area contributed by atoms with Crippen molar-refractivity contribution in [3.63, 3.8) is 0 Å². The number of carbonyl (C=O) groups excluding carboxylic acids is 1. The number of likely N-dealkylation sites (tertiary alicyclic amines) is 1. The predicted molar refractivity (Wildman–Crippen MR) is 133 cm³/mol. The average molecular weight is 505 g/mol. The van der Waals surface area contributed by atoms with Gasteiger partial charge in [0.05, 0.1) is 6.04 Å². The summed E-state index contributed by atoms with van der Waals surface area (Å²) in [5.41, 5.74) is 1.96. The van der Waals surface area contributed by atoms with E-state index in [1.165, 1.54) is 4.90 Å². The van der Waals surface area contributed by atoms with Crippen molar-refractivity contribution in [3.8, 4) is 0 Å². The molecule has 1 spiro atoms. The Kier molecular flexibility index (Phi) is 6.72. The number of nitrogens with one attached hydrogen (secondary N) is 1. The van der Waals surface area contributed by atoms with Gasteiger partial charge in [0.15, 0.2) is 0 Å². The zero-order valence-electron chi connectivity index (χ0n) is 21.4. The van der Waals surface area contributed by atoms with E-state index in [0.717, 1.165) is 38.0 Å². The maximum Gasteiger partial charge on any atom is 0.410 e. The fraction of sp³-hybridized carbons (Fsp3) is 0.731. The highest BCUT2D eigenvalue weighted by molar-refractivity contribution is 5.68. The van der Waals surface area contributed by atoms with Crippen LogP contribution in [0.3, 0.4) is 0 Å². The van der Waals surface area contributed by atoms with E-state index in [0.29, 0.717) is 37.1 Å². The van der Waals surface area contributed by atoms with Crippen LogP contribution in [0, 0.1) is 5.41 Å². The van der Waals surface area contributed by atoms with Crippen LogP contribution in [0.15, 0.2) is 18.2 Å². The monoisotopic (exact) mass is 504 g/mol. The normalized spacial score (nSPS) is 32.7. The smallest absolute Gasteiger partial charge is 0.410 e. The number of fused-ring (bicyclic) bond motifs is 1. The SMILES string of the molecule is CC(C)(C)OC(=O)N1CCC2(CC1)CCN(c1ccc3c(c1)C(O)N(C1CCC(O)NC1O)C3O)C2. The first-order chi connectivity index (χ1) is 17.0. The van der Waals surface area contributed by atoms with Gasteiger partial charge in [-0.1, -0.05) is 6.07 Å². The molecule has 4 aliphatic rings. The summed E-state index contributed by atoms with van der Waals surface area (Å²) < 4.78 is 5.54. The van der Waals surface area contributed by atoms with E-state index in [9.17, 15) is 25.2 Å². The number of nitrogens with zero attached hydrogens (tertiary/aromatic N) is 3. The first-order valence-electron chi connectivity index (χ1n) is 13.1. The molecule has 1 aromatic carbocycles. The van der Waals surface area contributed by atoms with Crippen molar-refractivity contribution in [2.24, 2.45) is 5.41 Å². The molecule has 36 heavy (non-hydrogen) atoms. The van der Waals surface area contributed by atoms with Crippen LogP contribution in [0.4, 0.5) is 10.5 Å². The number of amides is 1. The summed E-state index contributed by atoms with van der Waals surface area (Å²) in [6, 6.07) is 5.30. The molecule has 4 heterocycles. The minimum atomic E-state index is -1.04. The lowest BCUT2D eigenvalue weighted by Gasteiger charge is -2.40. The van der Waals surface area contributed by atoms with Gasteiger partial charge in [-0.15, -0.1) is 0 Å². The molecule has 0 bridgehead atoms. The van der Waals surface area contributed by atoms with Crippen LogP contribution < -0.4 is 10.2 Å². The summed E-state index contributed by atoms with van der Waals surface area (Å²) in [6.45, 7) is 8.83. The van der Waals surface area contributed by atoms with Gasteiger partial charge in [-0.2, -0.15) is 0 Å². The Morgan fingerprint density at radius 2 is 1.67 bits per heavy atom. The van der Waals surface area contributed by atoms with Gasteiger partial charge in [-0.3, -0.25) is 5.32 Å². The molecule has 1 aromatic rings. The number of anilines is 1. The first-order valence-corrected chi connectivity index (χ1v) is 13.1. The molecule has 5 unspecified atom stereocenters. The maximum atomic E-state index is 12.5. The zero-order chi connectivity index (χ0) is 25.8. The number of hydrogen-bond acceptors (Lipinski definition) is 9. The fourth-order valence-electron chi connectivity index (χ4n) is 6.28. The molecular weight excluding hydrogens is 464 g/mol. The second-order valence-electron chi connectivity index (χ2n) is 11.9. The topological polar surface area (TPSA) is 129 Å². The number of carbonyl (C=O) groups is 1. The Balaban J connectivity index is 1.24. The molecule has 200 valence electrons. The van der Waals surface area contributed by atoms with Crippen LogP contribution in [0.2, 0.25) is 0 Å². The van der Waals surface area contributed by atoms with E-state index in [2.05, 4.69) is 10.2 Å². The average Bonchev–Trinajstić information content (AvgIpc) is 3.32. The highest BCUT2D eigenvalue weighted by atomic mass is 16.6. The molecule has 10 heteroatoms. The Morgan fingerprint density at radius 1 is 1.00 bits per heavy atom. The fourth-order valence-corrected chi connectivity index (χ4v) is 6.28. The molecule has 1 amide bonds. The quantitative estimate of drug-likeness (QED) is 0.408. The van der Waals surface area contributed by atoms with Crippen molar-refractivity contribution in [1.29, 1.82) is 0 Å². The van der Waals surface area contributed by atoms with Crippen LogP contribution in [-0.4, -0.2) is 86.6 Å². The third-order valence-electron chi connectivity index (χ3n) is 8.32. The number of piperidine rings is 2. The molecule has 4 aliphatic heterocycles. The van der Waals surface area contributed by atoms with Gasteiger partial charge in [-0.05, 0) is 70.4 Å². The highest BCUT2D eigenvalue weighted by Crippen LogP contribution is 2.46. The van der Waals surface area contributed by atoms with Crippen LogP contribution >= 0.6 is 0 Å². The van der Waals surface area contributed by atoms with Crippen molar-refractivity contribution < 1.29 is 30.0 Å². The molecule has 3 fully saturated rings. The van der Waals surface area contributed by atoms with Crippen molar-refractivity contribution >= 4 is 11.8 Å². The summed E-state index contributed by atoms with van der Waals surface area (Å²) in [6.07, 6.45) is -0.343. The minimum Gasteiger partial charge on any atom is -0.444 e. The number of benzene rings is 1. The summed E-state index contributed by atoms with van der Waals surface area (Å²) in [4.78, 5) is 18.1. The van der Waals surface area contributed by atoms with E-state index in [1.807, 2.05) is 43.9 Å². The molecular formula is C26H40N4O6. The zero-order valence-corrected chi connectivity index (χ0v) is 21.4. The van der Waals surface area contributed by atoms with Gasteiger partial charge in [0, 0.05) is 43.0 Å². The number of aliphatic hydroxyl groups excluding tert-OH is 4. The van der Waals surface area contributed by atoms with Crippen LogP contribution in [0.25, 0.3) is 0 Å². The van der Waals surface area contributed by atoms with E-state index in [-0.39, 0.29) is 11.5 Å². The van der Waals surface area contributed by atoms with Crippen molar-refractivity contribution in [2.75, 3.05) is 31.1 Å². The second kappa shape index (κ2) is 9.41. The maximum absolute atomic E-state index is 12.5. The third-order valence-corrected chi connectivity index (χ3v) is 8.32. The Labute approximate surface area is 212 Å². The number of hydrogen-bond donors (Lipinski definition) is 5. The first kappa shape index (κ1) is 25.7. The van der Waals surface area contributed by atoms with Crippen LogP contribution in [-0.2, 0) is 4.74 Å². The molecule has 10 nitrogen and oxygen atoms in total. The molecule has 0 aliphatic carbocycles. The van der Waals surface area contributed by atoms with Crippen LogP contribution in [0.1, 0.15) is 76.5 Å². The number of rotatable bonds is 2. The molecule has 3 saturated heterocycles. The molecule has 0 radical (unpaired) electrons. The van der Waals surface area contributed by atoms with E-state index < -0.39 is 36.6 Å². The summed E-state index contributed by atoms with van der Waals surface area (Å²) >= 11 is 0.